The molecule has 8 aromatic carbocycles. The Balaban J connectivity index is 1.18. The molecule has 0 unspecified atom stereocenters. The zero-order chi connectivity index (χ0) is 38.8. The molecule has 1 heterocycles. The molecule has 0 aliphatic carbocycles. The van der Waals surface area contributed by atoms with E-state index in [1.54, 1.807) is 0 Å². The Morgan fingerprint density at radius 2 is 0.896 bits per heavy atom. The number of nitrogens with zero attached hydrogens (tertiary/aromatic N) is 2. The molecular weight excluding hydrogens is 581 g/mol. The monoisotopic (exact) mass is 620 g/mol. The molecule has 0 aliphatic heterocycles. The van der Waals surface area contributed by atoms with Crippen molar-refractivity contribution in [2.24, 2.45) is 0 Å². The zero-order valence-electron chi connectivity index (χ0n) is 33.8. The van der Waals surface area contributed by atoms with E-state index in [1.165, 1.54) is 15.5 Å². The molecule has 2 nitrogen and oxygen atoms in total. The fourth-order valence-electron chi connectivity index (χ4n) is 6.68. The molecule has 226 valence electrons. The first-order valence-corrected chi connectivity index (χ1v) is 15.8. The minimum Gasteiger partial charge on any atom is -0.311 e. The third-order valence-corrected chi connectivity index (χ3v) is 8.84. The molecule has 0 saturated heterocycles. The molecule has 2 heteroatoms. The minimum atomic E-state index is -0.467. The lowest BCUT2D eigenvalue weighted by Gasteiger charge is -2.26. The smallest absolute Gasteiger partial charge is 0.0645 e. The Bertz CT molecular complexity index is 2900. The van der Waals surface area contributed by atoms with Crippen molar-refractivity contribution < 1.29 is 11.0 Å². The van der Waals surface area contributed by atoms with Gasteiger partial charge in [-0.1, -0.05) is 133 Å². The van der Waals surface area contributed by atoms with Gasteiger partial charge in [0.15, 0.2) is 0 Å². The summed E-state index contributed by atoms with van der Waals surface area (Å²) in [5, 5.41) is 2.45. The highest BCUT2D eigenvalue weighted by atomic mass is 15.1. The summed E-state index contributed by atoms with van der Waals surface area (Å²) in [5.74, 6) is 0. The molecule has 9 rings (SSSR count). The first-order chi connectivity index (χ1) is 27.2. The van der Waals surface area contributed by atoms with Crippen LogP contribution in [0, 0.1) is 0 Å². The van der Waals surface area contributed by atoms with Crippen LogP contribution in [0.4, 0.5) is 17.1 Å². The van der Waals surface area contributed by atoms with Gasteiger partial charge >= 0.3 is 0 Å². The number of hydrogen-bond acceptors (Lipinski definition) is 1. The Morgan fingerprint density at radius 3 is 1.48 bits per heavy atom. The maximum absolute atomic E-state index is 8.88. The number of aromatic nitrogens is 1. The molecular formula is C46H32N2. The van der Waals surface area contributed by atoms with Gasteiger partial charge < -0.3 is 9.47 Å². The number of para-hydroxylation sites is 3. The predicted octanol–water partition coefficient (Wildman–Crippen LogP) is 12.7. The lowest BCUT2D eigenvalue weighted by molar-refractivity contribution is 1.17. The van der Waals surface area contributed by atoms with Crippen LogP contribution in [-0.4, -0.2) is 4.57 Å². The van der Waals surface area contributed by atoms with Gasteiger partial charge in [-0.05, 0) is 93.6 Å². The van der Waals surface area contributed by atoms with Crippen LogP contribution in [0.1, 0.15) is 11.0 Å². The number of benzene rings is 8. The van der Waals surface area contributed by atoms with Gasteiger partial charge in [0.05, 0.1) is 22.0 Å². The second-order valence-corrected chi connectivity index (χ2v) is 11.6. The highest BCUT2D eigenvalue weighted by Gasteiger charge is 2.16. The second kappa shape index (κ2) is 11.8. The average Bonchev–Trinajstić information content (AvgIpc) is 3.61. The molecule has 0 bridgehead atoms. The fraction of sp³-hybridized carbons (Fsp3) is 0. The molecule has 1 aromatic heterocycles. The molecule has 0 N–H and O–H groups in total. The summed E-state index contributed by atoms with van der Waals surface area (Å²) in [4.78, 5) is 2.12. The molecule has 0 fully saturated rings. The van der Waals surface area contributed by atoms with Crippen LogP contribution in [0.5, 0.6) is 0 Å². The molecule has 0 radical (unpaired) electrons. The SMILES string of the molecule is [2H]c1c([2H])c([2H])c2c(c1[2H])c1c([2H])c([2H])c([2H])c([2H])c1n2-c1ccc(N(c2ccccc2)c2ccc(-c3cccc4cccc(-c5ccccc5)c34)cc2)cc1. The van der Waals surface area contributed by atoms with E-state index in [1.807, 2.05) is 60.7 Å². The van der Waals surface area contributed by atoms with E-state index in [-0.39, 0.29) is 46.0 Å². The van der Waals surface area contributed by atoms with Crippen molar-refractivity contribution >= 4 is 49.6 Å². The average molecular weight is 621 g/mol. The van der Waals surface area contributed by atoms with Crippen LogP contribution in [0.25, 0.3) is 60.5 Å². The minimum absolute atomic E-state index is 0.0511. The van der Waals surface area contributed by atoms with Gasteiger partial charge in [-0.2, -0.15) is 0 Å². The molecule has 0 aliphatic rings. The van der Waals surface area contributed by atoms with E-state index in [0.717, 1.165) is 39.1 Å². The number of anilines is 3. The van der Waals surface area contributed by atoms with E-state index < -0.39 is 24.2 Å². The molecule has 0 atom stereocenters. The van der Waals surface area contributed by atoms with Crippen LogP contribution in [0.15, 0.2) is 194 Å². The highest BCUT2D eigenvalue weighted by molar-refractivity contribution is 6.09. The lowest BCUT2D eigenvalue weighted by Crippen LogP contribution is -2.10. The first kappa shape index (κ1) is 20.7. The van der Waals surface area contributed by atoms with Crippen LogP contribution in [0.3, 0.4) is 0 Å². The van der Waals surface area contributed by atoms with Crippen LogP contribution in [-0.2, 0) is 0 Å². The summed E-state index contributed by atoms with van der Waals surface area (Å²) < 4.78 is 70.4. The highest BCUT2D eigenvalue weighted by Crippen LogP contribution is 2.40. The van der Waals surface area contributed by atoms with Gasteiger partial charge in [-0.3, -0.25) is 0 Å². The van der Waals surface area contributed by atoms with Crippen molar-refractivity contribution in [1.82, 2.24) is 4.57 Å². The van der Waals surface area contributed by atoms with Gasteiger partial charge in [0.1, 0.15) is 0 Å². The summed E-state index contributed by atoms with van der Waals surface area (Å²) in [5.41, 5.74) is 7.84. The van der Waals surface area contributed by atoms with Gasteiger partial charge in [-0.25, -0.2) is 0 Å². The maximum atomic E-state index is 8.88. The third kappa shape index (κ3) is 4.74. The summed E-state index contributed by atoms with van der Waals surface area (Å²) in [6.07, 6.45) is 0. The van der Waals surface area contributed by atoms with Crippen molar-refractivity contribution in [3.63, 3.8) is 0 Å². The van der Waals surface area contributed by atoms with Crippen molar-refractivity contribution in [2.75, 3.05) is 4.90 Å². The summed E-state index contributed by atoms with van der Waals surface area (Å²) in [7, 11) is 0. The standard InChI is InChI=1S/C46H32N2/c1-3-13-33(14-4-1)40-21-11-15-35-16-12-22-41(46(35)40)34-25-27-37(28-26-34)47(36-17-5-2-6-18-36)38-29-31-39(32-30-38)48-44-23-9-7-19-42(44)43-20-8-10-24-45(43)48/h1-32H/i7D,8D,9D,10D,19D,20D,23D,24D. The normalized spacial score (nSPS) is 13.7. The van der Waals surface area contributed by atoms with Gasteiger partial charge in [0, 0.05) is 33.5 Å². The number of rotatable bonds is 6. The van der Waals surface area contributed by atoms with E-state index in [4.69, 9.17) is 11.0 Å². The van der Waals surface area contributed by atoms with Crippen molar-refractivity contribution in [3.05, 3.63) is 194 Å². The van der Waals surface area contributed by atoms with E-state index in [2.05, 4.69) is 89.8 Å². The van der Waals surface area contributed by atoms with Crippen LogP contribution >= 0.6 is 0 Å². The number of fused-ring (bicyclic) bond motifs is 4. The Hall–Kier alpha value is -6.38. The summed E-state index contributed by atoms with van der Waals surface area (Å²) in [6, 6.07) is 45.9. The summed E-state index contributed by atoms with van der Waals surface area (Å²) >= 11 is 0. The maximum Gasteiger partial charge on any atom is 0.0645 e. The fourth-order valence-corrected chi connectivity index (χ4v) is 6.68. The van der Waals surface area contributed by atoms with Crippen molar-refractivity contribution in [1.29, 1.82) is 0 Å². The van der Waals surface area contributed by atoms with Crippen LogP contribution in [0.2, 0.25) is 0 Å². The lowest BCUT2D eigenvalue weighted by atomic mass is 9.91. The quantitative estimate of drug-likeness (QED) is 0.180. The third-order valence-electron chi connectivity index (χ3n) is 8.84. The zero-order valence-corrected chi connectivity index (χ0v) is 25.8. The first-order valence-electron chi connectivity index (χ1n) is 19.8. The Morgan fingerprint density at radius 1 is 0.417 bits per heavy atom. The second-order valence-electron chi connectivity index (χ2n) is 11.6. The van der Waals surface area contributed by atoms with Crippen LogP contribution < -0.4 is 4.90 Å². The molecule has 0 saturated carbocycles. The summed E-state index contributed by atoms with van der Waals surface area (Å²) in [6.45, 7) is 0. The molecule has 48 heavy (non-hydrogen) atoms. The van der Waals surface area contributed by atoms with Gasteiger partial charge in [-0.15, -0.1) is 0 Å². The largest absolute Gasteiger partial charge is 0.311 e. The molecule has 0 amide bonds. The van der Waals surface area contributed by atoms with Gasteiger partial charge in [0.2, 0.25) is 0 Å². The Kier molecular flexibility index (Phi) is 5.07. The van der Waals surface area contributed by atoms with E-state index in [9.17, 15) is 0 Å². The van der Waals surface area contributed by atoms with Crippen molar-refractivity contribution in [2.45, 2.75) is 0 Å². The van der Waals surface area contributed by atoms with Crippen molar-refractivity contribution in [3.8, 4) is 27.9 Å². The molecule has 9 aromatic rings. The van der Waals surface area contributed by atoms with E-state index >= 15 is 0 Å². The van der Waals surface area contributed by atoms with E-state index in [0.29, 0.717) is 5.69 Å². The Labute approximate surface area is 291 Å². The number of hydrogen-bond donors (Lipinski definition) is 0. The van der Waals surface area contributed by atoms with Gasteiger partial charge in [0.25, 0.3) is 0 Å². The predicted molar refractivity (Wildman–Crippen MR) is 204 cm³/mol. The molecule has 0 spiro atoms. The topological polar surface area (TPSA) is 8.17 Å².